The molecule has 9 rings (SSSR count). The number of allylic oxidation sites excluding steroid dienone is 13. The number of fused-ring (bicyclic) bond motifs is 7. The number of hydrogen-bond acceptors (Lipinski definition) is 2. The predicted molar refractivity (Wildman–Crippen MR) is 249 cm³/mol. The van der Waals surface area contributed by atoms with Crippen molar-refractivity contribution in [2.45, 2.75) is 65.2 Å². The third-order valence-electron chi connectivity index (χ3n) is 12.8. The van der Waals surface area contributed by atoms with Crippen molar-refractivity contribution >= 4 is 11.6 Å². The van der Waals surface area contributed by atoms with E-state index >= 15 is 0 Å². The lowest BCUT2D eigenvalue weighted by atomic mass is 9.68. The molecule has 0 aromatic heterocycles. The van der Waals surface area contributed by atoms with Gasteiger partial charge >= 0.3 is 0 Å². The molecule has 0 N–H and O–H groups in total. The lowest BCUT2D eigenvalue weighted by molar-refractivity contribution is 0.355. The Labute approximate surface area is 351 Å². The van der Waals surface area contributed by atoms with Crippen LogP contribution in [0.3, 0.4) is 0 Å². The Hall–Kier alpha value is -6.38. The van der Waals surface area contributed by atoms with Gasteiger partial charge < -0.3 is 9.47 Å². The van der Waals surface area contributed by atoms with Gasteiger partial charge in [-0.1, -0.05) is 193 Å². The van der Waals surface area contributed by atoms with Crippen LogP contribution in [0.25, 0.3) is 22.8 Å². The zero-order chi connectivity index (χ0) is 40.0. The predicted octanol–water partition coefficient (Wildman–Crippen LogP) is 15.8. The summed E-state index contributed by atoms with van der Waals surface area (Å²) < 4.78 is 13.6. The van der Waals surface area contributed by atoms with Gasteiger partial charge in [0.15, 0.2) is 23.0 Å². The first-order valence-electron chi connectivity index (χ1n) is 20.6. The highest BCUT2D eigenvalue weighted by Gasteiger charge is 2.51. The van der Waals surface area contributed by atoms with E-state index in [0.29, 0.717) is 5.75 Å². The van der Waals surface area contributed by atoms with Gasteiger partial charge in [-0.05, 0) is 99.7 Å². The van der Waals surface area contributed by atoms with Crippen LogP contribution in [-0.2, 0) is 10.8 Å². The first kappa shape index (κ1) is 39.4. The van der Waals surface area contributed by atoms with Crippen LogP contribution in [0.2, 0.25) is 0 Å². The smallest absolute Gasteiger partial charge is 0.174 e. The molecule has 1 aliphatic heterocycles. The van der Waals surface area contributed by atoms with Gasteiger partial charge in [-0.15, -0.1) is 0 Å². The van der Waals surface area contributed by atoms with Crippen LogP contribution in [0.4, 0.5) is 0 Å². The molecule has 5 aromatic carbocycles. The van der Waals surface area contributed by atoms with Crippen LogP contribution >= 0.6 is 0 Å². The molecule has 0 saturated carbocycles. The molecule has 0 spiro atoms. The molecule has 2 heteroatoms. The molecule has 3 unspecified atom stereocenters. The molecule has 5 aromatic rings. The summed E-state index contributed by atoms with van der Waals surface area (Å²) in [5.74, 6) is 3.41. The normalized spacial score (nSPS) is 20.8. The van der Waals surface area contributed by atoms with Crippen LogP contribution in [0.15, 0.2) is 193 Å². The van der Waals surface area contributed by atoms with E-state index in [2.05, 4.69) is 217 Å². The summed E-state index contributed by atoms with van der Waals surface area (Å²) in [7, 11) is 0. The van der Waals surface area contributed by atoms with Gasteiger partial charge in [0.1, 0.15) is 0 Å². The minimum absolute atomic E-state index is 0. The van der Waals surface area contributed by atoms with Crippen molar-refractivity contribution in [2.75, 3.05) is 0 Å². The van der Waals surface area contributed by atoms with Crippen LogP contribution in [0, 0.1) is 5.92 Å². The fraction of sp³-hybridized carbons (Fsp3) is 0.193. The second kappa shape index (κ2) is 15.8. The Morgan fingerprint density at radius 1 is 0.729 bits per heavy atom. The fourth-order valence-electron chi connectivity index (χ4n) is 9.69. The van der Waals surface area contributed by atoms with Gasteiger partial charge in [-0.25, -0.2) is 0 Å². The van der Waals surface area contributed by atoms with Gasteiger partial charge in [-0.3, -0.25) is 0 Å². The zero-order valence-corrected chi connectivity index (χ0v) is 34.1. The average Bonchev–Trinajstić information content (AvgIpc) is 3.67. The monoisotopic (exact) mass is 770 g/mol. The fourth-order valence-corrected chi connectivity index (χ4v) is 9.69. The molecule has 0 saturated heterocycles. The van der Waals surface area contributed by atoms with Gasteiger partial charge in [0.05, 0.1) is 0 Å². The zero-order valence-electron chi connectivity index (χ0n) is 34.1. The summed E-state index contributed by atoms with van der Waals surface area (Å²) in [6.45, 7) is 15.7. The molecular formula is C57H54O2. The molecule has 3 aliphatic carbocycles. The summed E-state index contributed by atoms with van der Waals surface area (Å²) in [6.07, 6.45) is 25.5. The van der Waals surface area contributed by atoms with E-state index in [-0.39, 0.29) is 30.1 Å². The lowest BCUT2D eigenvalue weighted by Gasteiger charge is -2.34. The number of benzene rings is 5. The maximum atomic E-state index is 6.86. The van der Waals surface area contributed by atoms with Crippen molar-refractivity contribution in [3.8, 4) is 34.1 Å². The van der Waals surface area contributed by atoms with E-state index in [1.165, 1.54) is 50.1 Å². The van der Waals surface area contributed by atoms with E-state index in [0.717, 1.165) is 40.4 Å². The van der Waals surface area contributed by atoms with E-state index in [4.69, 9.17) is 9.47 Å². The molecular weight excluding hydrogens is 717 g/mol. The van der Waals surface area contributed by atoms with Gasteiger partial charge in [0, 0.05) is 28.2 Å². The van der Waals surface area contributed by atoms with Crippen LogP contribution < -0.4 is 9.47 Å². The van der Waals surface area contributed by atoms with E-state index in [1.54, 1.807) is 0 Å². The summed E-state index contributed by atoms with van der Waals surface area (Å²) in [5, 5.41) is 0. The number of rotatable bonds is 9. The number of ether oxygens (including phenoxy) is 2. The first-order valence-corrected chi connectivity index (χ1v) is 20.6. The van der Waals surface area contributed by atoms with Gasteiger partial charge in [0.25, 0.3) is 0 Å². The topological polar surface area (TPSA) is 18.5 Å². The van der Waals surface area contributed by atoms with Crippen molar-refractivity contribution in [3.05, 3.63) is 227 Å². The quantitative estimate of drug-likeness (QED) is 0.136. The Morgan fingerprint density at radius 3 is 2.25 bits per heavy atom. The maximum absolute atomic E-state index is 6.86. The van der Waals surface area contributed by atoms with Crippen molar-refractivity contribution < 1.29 is 9.47 Å². The van der Waals surface area contributed by atoms with Crippen molar-refractivity contribution in [2.24, 2.45) is 5.92 Å². The van der Waals surface area contributed by atoms with Gasteiger partial charge in [0.2, 0.25) is 0 Å². The third-order valence-corrected chi connectivity index (χ3v) is 12.8. The highest BCUT2D eigenvalue weighted by atomic mass is 16.6. The minimum Gasteiger partial charge on any atom is -0.449 e. The van der Waals surface area contributed by atoms with E-state index in [9.17, 15) is 0 Å². The molecule has 4 aliphatic rings. The summed E-state index contributed by atoms with van der Waals surface area (Å²) in [6, 6.07) is 38.9. The Morgan fingerprint density at radius 2 is 1.46 bits per heavy atom. The second-order valence-electron chi connectivity index (χ2n) is 16.5. The van der Waals surface area contributed by atoms with Crippen molar-refractivity contribution in [3.63, 3.8) is 0 Å². The van der Waals surface area contributed by atoms with Crippen LogP contribution in [0.1, 0.15) is 87.8 Å². The summed E-state index contributed by atoms with van der Waals surface area (Å²) >= 11 is 0. The van der Waals surface area contributed by atoms with Crippen molar-refractivity contribution in [1.82, 2.24) is 0 Å². The standard InChI is InChI=1S/C56H50O2.CH4/c1-7-18-37(3)56(6)48-27-17-15-25-46(48)53-49(56)31-33-51-54(53)58-50-32-29-40(36-52(50)57-51)43-23-13-14-24-45(43)44(39-20-10-9-11-21-39)30-28-38(19-8-2)34-42-35-41-22-12-16-26-47(41)55(42,4)5;/h7-27,29-36,46,48H,3,28H2,1-2,4-6H3;1H4/b18-7-,19-8-,38-34+,44-30+;. The lowest BCUT2D eigenvalue weighted by Crippen LogP contribution is -2.30. The average molecular weight is 771 g/mol. The first-order chi connectivity index (χ1) is 28.2. The van der Waals surface area contributed by atoms with E-state index < -0.39 is 0 Å². The molecule has 0 bridgehead atoms. The molecule has 2 nitrogen and oxygen atoms in total. The molecule has 0 fully saturated rings. The SMILES string of the molecule is C.C=C(/C=C\C)C1(C)c2ccc3c(c2C2C=CC=CC21)Oc1ccc(-c2ccccc2/C(=C/CC(/C=C\C)=C/C2=Cc4ccccc4C2(C)C)c2ccccc2)cc1O3. The van der Waals surface area contributed by atoms with Crippen LogP contribution in [0.5, 0.6) is 23.0 Å². The largest absolute Gasteiger partial charge is 0.449 e. The molecule has 1 heterocycles. The highest BCUT2D eigenvalue weighted by molar-refractivity contribution is 5.89. The minimum atomic E-state index is -0.260. The summed E-state index contributed by atoms with van der Waals surface area (Å²) in [4.78, 5) is 0. The molecule has 0 amide bonds. The Bertz CT molecular complexity index is 2670. The second-order valence-corrected chi connectivity index (χ2v) is 16.5. The van der Waals surface area contributed by atoms with Gasteiger partial charge in [-0.2, -0.15) is 0 Å². The van der Waals surface area contributed by atoms with Crippen LogP contribution in [-0.4, -0.2) is 0 Å². The Kier molecular flexibility index (Phi) is 10.5. The van der Waals surface area contributed by atoms with Crippen molar-refractivity contribution in [1.29, 1.82) is 0 Å². The Balaban J connectivity index is 0.00000484. The highest BCUT2D eigenvalue weighted by Crippen LogP contribution is 2.62. The molecule has 294 valence electrons. The molecule has 0 radical (unpaired) electrons. The van der Waals surface area contributed by atoms with E-state index in [1.807, 2.05) is 0 Å². The molecule has 3 atom stereocenters. The third kappa shape index (κ3) is 6.71. The summed E-state index contributed by atoms with van der Waals surface area (Å²) in [5.41, 5.74) is 14.2. The maximum Gasteiger partial charge on any atom is 0.174 e. The molecule has 59 heavy (non-hydrogen) atoms. The number of hydrogen-bond donors (Lipinski definition) is 0.